The van der Waals surface area contributed by atoms with E-state index in [1.165, 1.54) is 84.8 Å². The van der Waals surface area contributed by atoms with E-state index in [1.807, 2.05) is 12.1 Å². The van der Waals surface area contributed by atoms with Crippen molar-refractivity contribution in [3.63, 3.8) is 0 Å². The number of nitrogens with one attached hydrogen (secondary N) is 1. The van der Waals surface area contributed by atoms with Crippen molar-refractivity contribution in [3.05, 3.63) is 319 Å². The van der Waals surface area contributed by atoms with E-state index in [-0.39, 0.29) is 18.8 Å². The van der Waals surface area contributed by atoms with Crippen LogP contribution in [0.4, 0.5) is 0 Å². The lowest BCUT2D eigenvalue weighted by Gasteiger charge is -2.12. The van der Waals surface area contributed by atoms with Gasteiger partial charge < -0.3 is 67.2 Å². The molecule has 0 aliphatic carbocycles. The molecule has 642 valence electrons. The topological polar surface area (TPSA) is 351 Å². The second-order valence-electron chi connectivity index (χ2n) is 24.0. The Hall–Kier alpha value is -8.61. The predicted octanol–water partition coefficient (Wildman–Crippen LogP) is 19.7. The molecular weight excluding hydrogens is 1940 g/mol. The van der Waals surface area contributed by atoms with Crippen LogP contribution in [0.3, 0.4) is 0 Å². The zero-order valence-electron chi connectivity index (χ0n) is 64.0. The lowest BCUT2D eigenvalue weighted by Crippen LogP contribution is -2.29. The van der Waals surface area contributed by atoms with Gasteiger partial charge in [0.25, 0.3) is 3.25 Å². The lowest BCUT2D eigenvalue weighted by molar-refractivity contribution is 0.0580. The molecule has 8 aromatic heterocycles. The Morgan fingerprint density at radius 3 is 1.19 bits per heavy atom. The Morgan fingerprint density at radius 1 is 0.459 bits per heavy atom. The summed E-state index contributed by atoms with van der Waals surface area (Å²) in [5, 5.41) is 40.8. The molecule has 0 spiro atoms. The summed E-state index contributed by atoms with van der Waals surface area (Å²) in [7, 11) is 3.89. The van der Waals surface area contributed by atoms with Gasteiger partial charge in [-0.3, -0.25) is 15.0 Å². The molecule has 1 aliphatic heterocycles. The first kappa shape index (κ1) is 102. The number of ether oxygens (including phenoxy) is 5. The van der Waals surface area contributed by atoms with Crippen LogP contribution >= 0.6 is 178 Å². The Balaban J connectivity index is 0.000000221. The van der Waals surface area contributed by atoms with Crippen molar-refractivity contribution in [2.24, 2.45) is 0 Å². The number of hydrogen-bond donors (Lipinski definition) is 5. The highest BCUT2D eigenvalue weighted by atomic mass is 79.9. The third-order valence-electron chi connectivity index (χ3n) is 15.7. The number of carbonyl (C=O) groups is 5. The molecule has 0 atom stereocenters. The molecule has 5 aromatic carbocycles. The van der Waals surface area contributed by atoms with Crippen LogP contribution in [0.1, 0.15) is 93.1 Å². The number of aromatic carboxylic acids is 1. The number of carboxylic acids is 1. The van der Waals surface area contributed by atoms with Crippen LogP contribution in [-0.4, -0.2) is 165 Å². The van der Waals surface area contributed by atoms with Crippen LogP contribution < -0.4 is 5.46 Å². The van der Waals surface area contributed by atoms with E-state index in [0.717, 1.165) is 41.0 Å². The molecule has 43 heteroatoms. The van der Waals surface area contributed by atoms with E-state index in [4.69, 9.17) is 192 Å². The van der Waals surface area contributed by atoms with Gasteiger partial charge in [0.15, 0.2) is 4.73 Å². The lowest BCUT2D eigenvalue weighted by atomic mass is 9.82. The normalized spacial score (nSPS) is 10.9. The number of aromatic amines is 1. The maximum Gasteiger partial charge on any atom is 0.490 e. The van der Waals surface area contributed by atoms with Gasteiger partial charge in [-0.05, 0) is 178 Å². The number of halogens is 15. The molecule has 5 N–H and O–H groups in total. The first-order chi connectivity index (χ1) is 58.2. The van der Waals surface area contributed by atoms with Crippen LogP contribution in [0, 0.1) is 0 Å². The first-order valence-electron chi connectivity index (χ1n) is 34.8. The number of pyridine rings is 3. The number of imidazole rings is 5. The summed E-state index contributed by atoms with van der Waals surface area (Å²) in [6.45, 7) is 3.27. The molecular formula is C79H69BBrCl14N13O14. The maximum atomic E-state index is 12.1. The highest BCUT2D eigenvalue weighted by Crippen LogP contribution is 2.32. The number of esters is 4. The number of carbonyl (C=O) groups excluding carboxylic acids is 4. The average Bonchev–Trinajstić information content (AvgIpc) is 1.67. The molecule has 0 amide bonds. The SMILES string of the molecule is C1CCOC1.COC(=O)c1cnc(-c2cccnc2)n1Cc1cc(Cl)ccc1Cl.COC(=O)c1cnc(Br)n1Cc1cc(Cl)ccc1Cl.COC(=O)c1cnc[nH]1.COC(=O)c1cncn1Cc1cc(Cl)ccc1Cl.ClC(Cl)(Cl)Cl.O=C(O)c1cnc(-c2cccnc2)n1Cc1cc(Cl)ccc1Cl.OB(O)c1cccnc1.OCc1cc(Cl)ccc1Cl. The van der Waals surface area contributed by atoms with Crippen LogP contribution in [0.2, 0.25) is 50.2 Å². The van der Waals surface area contributed by atoms with Crippen LogP contribution in [0.15, 0.2) is 213 Å². The number of hydrogen-bond acceptors (Lipinski definition) is 21. The van der Waals surface area contributed by atoms with E-state index in [1.54, 1.807) is 171 Å². The van der Waals surface area contributed by atoms with Gasteiger partial charge in [0.05, 0.1) is 105 Å². The average molecular weight is 2010 g/mol. The van der Waals surface area contributed by atoms with Crippen molar-refractivity contribution in [1.29, 1.82) is 0 Å². The fourth-order valence-electron chi connectivity index (χ4n) is 9.99. The Morgan fingerprint density at radius 2 is 0.836 bits per heavy atom. The van der Waals surface area contributed by atoms with Crippen molar-refractivity contribution in [3.8, 4) is 22.8 Å². The number of aliphatic hydroxyl groups is 1. The van der Waals surface area contributed by atoms with Crippen molar-refractivity contribution in [2.75, 3.05) is 41.7 Å². The fraction of sp³-hybridized carbons (Fsp3) is 0.177. The molecule has 122 heavy (non-hydrogen) atoms. The largest absolute Gasteiger partial charge is 0.490 e. The summed E-state index contributed by atoms with van der Waals surface area (Å²) in [6, 6.07) is 36.1. The van der Waals surface area contributed by atoms with Gasteiger partial charge in [-0.25, -0.2) is 48.9 Å². The van der Waals surface area contributed by atoms with Gasteiger partial charge in [0, 0.05) is 117 Å². The van der Waals surface area contributed by atoms with Crippen LogP contribution in [0.5, 0.6) is 0 Å². The third kappa shape index (κ3) is 34.1. The van der Waals surface area contributed by atoms with Crippen molar-refractivity contribution >= 4 is 221 Å². The Labute approximate surface area is 777 Å². The molecule has 1 fully saturated rings. The Bertz CT molecular complexity index is 5490. The van der Waals surface area contributed by atoms with Crippen molar-refractivity contribution in [1.82, 2.24) is 63.1 Å². The van der Waals surface area contributed by atoms with Gasteiger partial charge in [0.1, 0.15) is 40.1 Å². The monoisotopic (exact) mass is 2000 g/mol. The zero-order valence-corrected chi connectivity index (χ0v) is 76.1. The minimum absolute atomic E-state index is 0.0693. The van der Waals surface area contributed by atoms with E-state index >= 15 is 0 Å². The van der Waals surface area contributed by atoms with Gasteiger partial charge in [-0.1, -0.05) is 168 Å². The standard InChI is InChI=1S/C17H13Cl2N3O2.C16H11Cl2N3O2.C12H9BrCl2N2O2.C12H10Cl2N2O2.C7H6Cl2O.C5H6BNO2.C5H6N2O2.C4H8O.CCl4/c1-24-17(23)15-9-21-16(11-3-2-6-20-8-11)22(15)10-12-7-13(18)4-5-14(12)19;17-12-3-4-13(18)11(6-12)9-21-14(16(22)23)8-20-15(21)10-2-1-5-19-7-10;1-19-11(18)10-5-16-12(13)17(10)6-7-4-8(14)2-3-9(7)15;1-18-12(17)11-5-15-7-16(11)6-8-4-9(13)2-3-10(8)14;8-6-1-2-7(9)5(3-6)4-10;8-6(9)5-2-1-3-7-4-5;1-9-5(8)4-2-6-3-7-4;1-2-4-5-3-1;2-1(3,4)5/h2-9H,10H2,1H3;1-8H,9H2,(H,22,23);2-5H,6H2,1H3;2-5,7H,6H2,1H3;1-3,10H,4H2;1-4,8-9H;2-3H,1H3,(H,6,7);1-4H2;. The van der Waals surface area contributed by atoms with E-state index in [9.17, 15) is 29.1 Å². The van der Waals surface area contributed by atoms with E-state index in [2.05, 4.69) is 70.3 Å². The van der Waals surface area contributed by atoms with Crippen molar-refractivity contribution in [2.45, 2.75) is 48.9 Å². The van der Waals surface area contributed by atoms with E-state index < -0.39 is 40.2 Å². The molecule has 14 rings (SSSR count). The minimum atomic E-state index is -1.61. The predicted molar refractivity (Wildman–Crippen MR) is 479 cm³/mol. The molecule has 0 bridgehead atoms. The van der Waals surface area contributed by atoms with Gasteiger partial charge in [-0.15, -0.1) is 0 Å². The van der Waals surface area contributed by atoms with Crippen molar-refractivity contribution < 1.29 is 67.9 Å². The van der Waals surface area contributed by atoms with Gasteiger partial charge >= 0.3 is 37.0 Å². The maximum absolute atomic E-state index is 12.1. The number of carboxylic acid groups (broad SMARTS) is 1. The molecule has 0 saturated carbocycles. The minimum Gasteiger partial charge on any atom is -0.477 e. The smallest absolute Gasteiger partial charge is 0.477 e. The molecule has 27 nitrogen and oxygen atoms in total. The number of methoxy groups -OCH3 is 4. The zero-order chi connectivity index (χ0) is 89.6. The number of H-pyrrole nitrogens is 1. The number of aliphatic hydroxyl groups excluding tert-OH is 1. The molecule has 13 aromatic rings. The number of aromatic nitrogens is 13. The summed E-state index contributed by atoms with van der Waals surface area (Å²) in [5.41, 5.74) is 7.15. The summed E-state index contributed by atoms with van der Waals surface area (Å²) >= 11 is 82.4. The van der Waals surface area contributed by atoms with Gasteiger partial charge in [0.2, 0.25) is 0 Å². The summed E-state index contributed by atoms with van der Waals surface area (Å²) in [6.07, 6.45) is 22.2. The molecule has 0 unspecified atom stereocenters. The third-order valence-corrected chi connectivity index (χ3v) is 19.4. The summed E-state index contributed by atoms with van der Waals surface area (Å²) in [4.78, 5) is 91.8. The fourth-order valence-corrected chi connectivity index (χ4v) is 12.3. The second-order valence-corrected chi connectivity index (χ2v) is 32.3. The Kier molecular flexibility index (Phi) is 44.3. The number of alkyl halides is 4. The number of benzene rings is 5. The molecule has 1 saturated heterocycles. The van der Waals surface area contributed by atoms with Crippen LogP contribution in [-0.2, 0) is 56.5 Å². The molecule has 0 radical (unpaired) electrons. The second kappa shape index (κ2) is 52.9. The summed E-state index contributed by atoms with van der Waals surface area (Å²) < 4.78 is 29.1. The highest BCUT2D eigenvalue weighted by molar-refractivity contribution is 9.10. The van der Waals surface area contributed by atoms with Crippen LogP contribution in [0.25, 0.3) is 22.8 Å². The number of rotatable bonds is 17. The number of nitrogens with zero attached hydrogens (tertiary/aromatic N) is 12. The molecule has 9 heterocycles. The molecule has 1 aliphatic rings. The highest BCUT2D eigenvalue weighted by Gasteiger charge is 2.23. The quantitative estimate of drug-likeness (QED) is 0.0245. The van der Waals surface area contributed by atoms with E-state index in [0.29, 0.717) is 126 Å². The van der Waals surface area contributed by atoms with Gasteiger partial charge in [-0.2, -0.15) is 0 Å². The summed E-state index contributed by atoms with van der Waals surface area (Å²) in [5.74, 6) is -1.73. The first-order valence-corrected chi connectivity index (χ1v) is 40.8.